The van der Waals surface area contributed by atoms with Crippen LogP contribution in [-0.4, -0.2) is 34.7 Å². The number of nitrogens with one attached hydrogen (secondary N) is 1. The first kappa shape index (κ1) is 21.1. The molecule has 29 heavy (non-hydrogen) atoms. The van der Waals surface area contributed by atoms with Gasteiger partial charge in [0.1, 0.15) is 10.1 Å². The Morgan fingerprint density at radius 1 is 1.21 bits per heavy atom. The van der Waals surface area contributed by atoms with E-state index in [9.17, 15) is 9.59 Å². The molecular weight excluding hydrogens is 404 g/mol. The van der Waals surface area contributed by atoms with Crippen molar-refractivity contribution in [1.82, 2.24) is 4.90 Å². The summed E-state index contributed by atoms with van der Waals surface area (Å²) in [6, 6.07) is 15.0. The van der Waals surface area contributed by atoms with Gasteiger partial charge in [-0.15, -0.1) is 0 Å². The SMILES string of the molecule is COc1ccc(NC(=O)CCCN2C(=O)/C(=C/c3ccccc3C)SC2=S)cc1. The number of methoxy groups -OCH3 is 1. The highest BCUT2D eigenvalue weighted by molar-refractivity contribution is 8.26. The minimum Gasteiger partial charge on any atom is -0.497 e. The average Bonchev–Trinajstić information content (AvgIpc) is 2.97. The first-order valence-corrected chi connectivity index (χ1v) is 10.5. The van der Waals surface area contributed by atoms with E-state index in [1.807, 2.05) is 37.3 Å². The van der Waals surface area contributed by atoms with Crippen LogP contribution in [0.4, 0.5) is 5.69 Å². The molecule has 1 heterocycles. The number of thioether (sulfide) groups is 1. The maximum atomic E-state index is 12.7. The van der Waals surface area contributed by atoms with Gasteiger partial charge >= 0.3 is 0 Å². The van der Waals surface area contributed by atoms with Crippen molar-refractivity contribution >= 4 is 51.9 Å². The topological polar surface area (TPSA) is 58.6 Å². The third kappa shape index (κ3) is 5.46. The second kappa shape index (κ2) is 9.71. The van der Waals surface area contributed by atoms with Gasteiger partial charge in [-0.25, -0.2) is 0 Å². The molecule has 1 N–H and O–H groups in total. The molecule has 2 amide bonds. The Kier molecular flexibility index (Phi) is 7.06. The summed E-state index contributed by atoms with van der Waals surface area (Å²) in [5, 5.41) is 2.84. The van der Waals surface area contributed by atoms with Crippen LogP contribution in [-0.2, 0) is 9.59 Å². The van der Waals surface area contributed by atoms with Crippen molar-refractivity contribution in [3.8, 4) is 5.75 Å². The molecule has 0 aliphatic carbocycles. The lowest BCUT2D eigenvalue weighted by Gasteiger charge is -2.14. The third-order valence-electron chi connectivity index (χ3n) is 4.51. The second-order valence-corrected chi connectivity index (χ2v) is 8.25. The highest BCUT2D eigenvalue weighted by Gasteiger charge is 2.31. The Morgan fingerprint density at radius 3 is 2.62 bits per heavy atom. The fourth-order valence-electron chi connectivity index (χ4n) is 2.88. The number of nitrogens with zero attached hydrogens (tertiary/aromatic N) is 1. The lowest BCUT2D eigenvalue weighted by atomic mass is 10.1. The molecule has 5 nitrogen and oxygen atoms in total. The van der Waals surface area contributed by atoms with Gasteiger partial charge in [0.05, 0.1) is 12.0 Å². The van der Waals surface area contributed by atoms with Crippen molar-refractivity contribution in [1.29, 1.82) is 0 Å². The van der Waals surface area contributed by atoms with E-state index in [4.69, 9.17) is 17.0 Å². The fraction of sp³-hybridized carbons (Fsp3) is 0.227. The number of rotatable bonds is 7. The third-order valence-corrected chi connectivity index (χ3v) is 5.89. The number of amides is 2. The maximum absolute atomic E-state index is 12.7. The zero-order valence-corrected chi connectivity index (χ0v) is 17.9. The number of carbonyl (C=O) groups is 2. The van der Waals surface area contributed by atoms with Gasteiger partial charge in [0.2, 0.25) is 5.91 Å². The van der Waals surface area contributed by atoms with E-state index in [2.05, 4.69) is 5.32 Å². The first-order chi connectivity index (χ1) is 14.0. The van der Waals surface area contributed by atoms with Crippen molar-refractivity contribution in [3.05, 3.63) is 64.6 Å². The number of thiocarbonyl (C=S) groups is 1. The fourth-order valence-corrected chi connectivity index (χ4v) is 4.18. The van der Waals surface area contributed by atoms with Gasteiger partial charge in [-0.05, 0) is 54.8 Å². The molecule has 1 saturated heterocycles. The van der Waals surface area contributed by atoms with E-state index in [0.717, 1.165) is 16.9 Å². The largest absolute Gasteiger partial charge is 0.497 e. The first-order valence-electron chi connectivity index (χ1n) is 9.23. The monoisotopic (exact) mass is 426 g/mol. The van der Waals surface area contributed by atoms with Gasteiger partial charge in [0, 0.05) is 18.7 Å². The number of hydrogen-bond donors (Lipinski definition) is 1. The number of carbonyl (C=O) groups excluding carboxylic acids is 2. The molecule has 2 aromatic rings. The Hall–Kier alpha value is -2.64. The van der Waals surface area contributed by atoms with Crippen LogP contribution in [0, 0.1) is 6.92 Å². The van der Waals surface area contributed by atoms with E-state index in [1.54, 1.807) is 36.3 Å². The highest BCUT2D eigenvalue weighted by atomic mass is 32.2. The van der Waals surface area contributed by atoms with Gasteiger partial charge in [0.25, 0.3) is 5.91 Å². The normalized spacial score (nSPS) is 15.1. The molecule has 1 aliphatic rings. The van der Waals surface area contributed by atoms with Gasteiger partial charge in [-0.3, -0.25) is 14.5 Å². The maximum Gasteiger partial charge on any atom is 0.266 e. The van der Waals surface area contributed by atoms with Crippen molar-refractivity contribution in [3.63, 3.8) is 0 Å². The molecule has 3 rings (SSSR count). The minimum atomic E-state index is -0.101. The summed E-state index contributed by atoms with van der Waals surface area (Å²) >= 11 is 6.67. The molecule has 1 aliphatic heterocycles. The van der Waals surface area contributed by atoms with Crippen LogP contribution in [0.3, 0.4) is 0 Å². The molecule has 0 spiro atoms. The van der Waals surface area contributed by atoms with Crippen molar-refractivity contribution in [2.75, 3.05) is 19.0 Å². The predicted molar refractivity (Wildman–Crippen MR) is 122 cm³/mol. The van der Waals surface area contributed by atoms with E-state index in [1.165, 1.54) is 11.8 Å². The molecule has 0 aromatic heterocycles. The molecule has 1 fully saturated rings. The predicted octanol–water partition coefficient (Wildman–Crippen LogP) is 4.62. The number of hydrogen-bond acceptors (Lipinski definition) is 5. The Morgan fingerprint density at radius 2 is 1.93 bits per heavy atom. The molecule has 150 valence electrons. The van der Waals surface area contributed by atoms with E-state index in [0.29, 0.717) is 34.3 Å². The van der Waals surface area contributed by atoms with Crippen molar-refractivity contribution < 1.29 is 14.3 Å². The van der Waals surface area contributed by atoms with Gasteiger partial charge in [0.15, 0.2) is 0 Å². The Bertz CT molecular complexity index is 955. The van der Waals surface area contributed by atoms with E-state index < -0.39 is 0 Å². The number of benzene rings is 2. The number of ether oxygens (including phenoxy) is 1. The quantitative estimate of drug-likeness (QED) is 0.517. The molecule has 0 bridgehead atoms. The zero-order chi connectivity index (χ0) is 20.8. The van der Waals surface area contributed by atoms with Crippen LogP contribution in [0.5, 0.6) is 5.75 Å². The van der Waals surface area contributed by atoms with Crippen LogP contribution >= 0.6 is 24.0 Å². The summed E-state index contributed by atoms with van der Waals surface area (Å²) < 4.78 is 5.63. The Balaban J connectivity index is 1.52. The van der Waals surface area contributed by atoms with Crippen LogP contribution in [0.25, 0.3) is 6.08 Å². The summed E-state index contributed by atoms with van der Waals surface area (Å²) in [7, 11) is 1.59. The molecule has 0 saturated carbocycles. The molecule has 2 aromatic carbocycles. The smallest absolute Gasteiger partial charge is 0.266 e. The molecular formula is C22H22N2O3S2. The summed E-state index contributed by atoms with van der Waals surface area (Å²) in [4.78, 5) is 27.0. The lowest BCUT2D eigenvalue weighted by Crippen LogP contribution is -2.29. The summed E-state index contributed by atoms with van der Waals surface area (Å²) in [5.74, 6) is 0.533. The lowest BCUT2D eigenvalue weighted by molar-refractivity contribution is -0.122. The standard InChI is InChI=1S/C22H22N2O3S2/c1-15-6-3-4-7-16(15)14-19-21(26)24(22(28)29-19)13-5-8-20(25)23-17-9-11-18(27-2)12-10-17/h3-4,6-7,9-12,14H,5,8,13H2,1-2H3,(H,23,25)/b19-14-. The van der Waals surface area contributed by atoms with Crippen molar-refractivity contribution in [2.24, 2.45) is 0 Å². The van der Waals surface area contributed by atoms with Crippen LogP contribution in [0.2, 0.25) is 0 Å². The molecule has 0 radical (unpaired) electrons. The van der Waals surface area contributed by atoms with Crippen LogP contribution < -0.4 is 10.1 Å². The molecule has 0 atom stereocenters. The highest BCUT2D eigenvalue weighted by Crippen LogP contribution is 2.33. The van der Waals surface area contributed by atoms with E-state index in [-0.39, 0.29) is 11.8 Å². The van der Waals surface area contributed by atoms with Gasteiger partial charge < -0.3 is 10.1 Å². The minimum absolute atomic E-state index is 0.0983. The summed E-state index contributed by atoms with van der Waals surface area (Å²) in [6.45, 7) is 2.43. The van der Waals surface area contributed by atoms with Gasteiger partial charge in [-0.1, -0.05) is 48.2 Å². The second-order valence-electron chi connectivity index (χ2n) is 6.57. The Labute approximate surface area is 180 Å². The molecule has 0 unspecified atom stereocenters. The van der Waals surface area contributed by atoms with Crippen molar-refractivity contribution in [2.45, 2.75) is 19.8 Å². The summed E-state index contributed by atoms with van der Waals surface area (Å²) in [5.41, 5.74) is 2.82. The zero-order valence-electron chi connectivity index (χ0n) is 16.3. The number of anilines is 1. The average molecular weight is 427 g/mol. The van der Waals surface area contributed by atoms with Gasteiger partial charge in [-0.2, -0.15) is 0 Å². The molecule has 7 heteroatoms. The van der Waals surface area contributed by atoms with Crippen LogP contribution in [0.15, 0.2) is 53.4 Å². The van der Waals surface area contributed by atoms with Crippen LogP contribution in [0.1, 0.15) is 24.0 Å². The summed E-state index contributed by atoms with van der Waals surface area (Å²) in [6.07, 6.45) is 2.72. The van der Waals surface area contributed by atoms with E-state index >= 15 is 0 Å². The number of aryl methyl sites for hydroxylation is 1.